The van der Waals surface area contributed by atoms with Crippen molar-refractivity contribution in [3.8, 4) is 0 Å². The van der Waals surface area contributed by atoms with Crippen molar-refractivity contribution in [1.29, 1.82) is 0 Å². The minimum absolute atomic E-state index is 0.129. The average Bonchev–Trinajstić information content (AvgIpc) is 2.90. The van der Waals surface area contributed by atoms with E-state index in [9.17, 15) is 23.2 Å². The Hall–Kier alpha value is -4.54. The molecule has 1 heterocycles. The maximum atomic E-state index is 13.6. The summed E-state index contributed by atoms with van der Waals surface area (Å²) in [6, 6.07) is 12.6. The number of rotatable bonds is 10. The van der Waals surface area contributed by atoms with Crippen molar-refractivity contribution in [2.75, 3.05) is 22.5 Å². The number of hydrogen-bond donors (Lipinski definition) is 3. The molecule has 11 heteroatoms. The highest BCUT2D eigenvalue weighted by Gasteiger charge is 2.19. The van der Waals surface area contributed by atoms with Crippen LogP contribution in [0.15, 0.2) is 60.8 Å². The Labute approximate surface area is 238 Å². The fourth-order valence-corrected chi connectivity index (χ4v) is 3.76. The van der Waals surface area contributed by atoms with Gasteiger partial charge in [0.1, 0.15) is 11.3 Å². The van der Waals surface area contributed by atoms with Crippen molar-refractivity contribution in [3.05, 3.63) is 83.7 Å². The molecule has 0 aliphatic heterocycles. The van der Waals surface area contributed by atoms with Gasteiger partial charge in [-0.25, -0.2) is 18.4 Å². The number of aromatic nitrogens is 1. The molecule has 3 aromatic rings. The molecule has 0 saturated carbocycles. The minimum Gasteiger partial charge on any atom is -0.444 e. The fourth-order valence-electron chi connectivity index (χ4n) is 3.76. The molecule has 0 saturated heterocycles. The van der Waals surface area contributed by atoms with E-state index < -0.39 is 35.3 Å². The first-order chi connectivity index (χ1) is 19.4. The van der Waals surface area contributed by atoms with Gasteiger partial charge in [-0.15, -0.1) is 0 Å². The van der Waals surface area contributed by atoms with Crippen LogP contribution in [0.2, 0.25) is 0 Å². The fraction of sp³-hybridized carbons (Fsp3) is 0.333. The lowest BCUT2D eigenvalue weighted by molar-refractivity contribution is 0.0635. The number of unbranched alkanes of at least 4 members (excludes halogenated alkanes) is 2. The van der Waals surface area contributed by atoms with E-state index in [0.717, 1.165) is 31.4 Å². The lowest BCUT2D eigenvalue weighted by Gasteiger charge is -2.23. The smallest absolute Gasteiger partial charge is 0.412 e. The van der Waals surface area contributed by atoms with Crippen molar-refractivity contribution < 1.29 is 27.9 Å². The van der Waals surface area contributed by atoms with Crippen LogP contribution in [0.1, 0.15) is 63.0 Å². The van der Waals surface area contributed by atoms with Gasteiger partial charge in [0.2, 0.25) is 0 Å². The summed E-state index contributed by atoms with van der Waals surface area (Å²) in [6.45, 7) is 7.92. The van der Waals surface area contributed by atoms with Crippen LogP contribution in [0.3, 0.4) is 0 Å². The number of benzene rings is 2. The maximum Gasteiger partial charge on any atom is 0.412 e. The number of nitrogens with one attached hydrogen (secondary N) is 3. The topological polar surface area (TPSA) is 113 Å². The second kappa shape index (κ2) is 14.2. The van der Waals surface area contributed by atoms with Crippen molar-refractivity contribution in [1.82, 2.24) is 9.88 Å². The molecule has 3 rings (SSSR count). The number of pyridine rings is 1. The van der Waals surface area contributed by atoms with Crippen LogP contribution in [0.4, 0.5) is 35.4 Å². The van der Waals surface area contributed by atoms with E-state index in [1.807, 2.05) is 6.92 Å². The van der Waals surface area contributed by atoms with Gasteiger partial charge in [-0.3, -0.25) is 15.1 Å². The number of carbonyl (C=O) groups excluding carboxylic acids is 3. The Morgan fingerprint density at radius 2 is 1.61 bits per heavy atom. The minimum atomic E-state index is -1.05. The highest BCUT2D eigenvalue weighted by molar-refractivity contribution is 6.05. The SMILES string of the molecule is CCCCCN(Cc1ccc(C(=O)Nc2ccccc2NC(=O)OC(C)(C)C)nc1)C(=O)Nc1ccc(F)c(F)c1. The zero-order valence-electron chi connectivity index (χ0n) is 23.6. The lowest BCUT2D eigenvalue weighted by Crippen LogP contribution is -2.35. The summed E-state index contributed by atoms with van der Waals surface area (Å²) in [7, 11) is 0. The molecule has 0 fully saturated rings. The van der Waals surface area contributed by atoms with E-state index in [-0.39, 0.29) is 17.9 Å². The number of carbonyl (C=O) groups is 3. The second-order valence-corrected chi connectivity index (χ2v) is 10.4. The summed E-state index contributed by atoms with van der Waals surface area (Å²) < 4.78 is 32.1. The van der Waals surface area contributed by atoms with Crippen molar-refractivity contribution >= 4 is 35.1 Å². The number of amides is 4. The maximum absolute atomic E-state index is 13.6. The molecule has 0 aliphatic carbocycles. The Morgan fingerprint density at radius 1 is 0.902 bits per heavy atom. The molecule has 0 unspecified atom stereocenters. The molecule has 0 atom stereocenters. The molecule has 218 valence electrons. The molecule has 1 aromatic heterocycles. The molecule has 9 nitrogen and oxygen atoms in total. The van der Waals surface area contributed by atoms with Gasteiger partial charge in [0.25, 0.3) is 5.91 Å². The molecule has 0 aliphatic rings. The van der Waals surface area contributed by atoms with Crippen molar-refractivity contribution in [3.63, 3.8) is 0 Å². The van der Waals surface area contributed by atoms with Crippen LogP contribution < -0.4 is 16.0 Å². The highest BCUT2D eigenvalue weighted by atomic mass is 19.2. The van der Waals surface area contributed by atoms with Crippen LogP contribution in [-0.4, -0.2) is 40.1 Å². The van der Waals surface area contributed by atoms with E-state index in [1.54, 1.807) is 56.0 Å². The quantitative estimate of drug-likeness (QED) is 0.225. The first kappa shape index (κ1) is 31.0. The summed E-state index contributed by atoms with van der Waals surface area (Å²) in [6.07, 6.45) is 3.47. The summed E-state index contributed by atoms with van der Waals surface area (Å²) in [5.41, 5.74) is 0.988. The Morgan fingerprint density at radius 3 is 2.22 bits per heavy atom. The van der Waals surface area contributed by atoms with E-state index in [2.05, 4.69) is 20.9 Å². The van der Waals surface area contributed by atoms with Gasteiger partial charge < -0.3 is 20.3 Å². The van der Waals surface area contributed by atoms with Gasteiger partial charge in [0.05, 0.1) is 11.4 Å². The molecule has 2 aromatic carbocycles. The summed E-state index contributed by atoms with van der Waals surface area (Å²) >= 11 is 0. The van der Waals surface area contributed by atoms with E-state index in [0.29, 0.717) is 23.5 Å². The van der Waals surface area contributed by atoms with Crippen LogP contribution in [-0.2, 0) is 11.3 Å². The number of hydrogen-bond acceptors (Lipinski definition) is 5. The molecular weight excluding hydrogens is 532 g/mol. The molecule has 0 bridgehead atoms. The molecule has 0 spiro atoms. The molecule has 3 N–H and O–H groups in total. The Balaban J connectivity index is 1.67. The van der Waals surface area contributed by atoms with Gasteiger partial charge >= 0.3 is 12.1 Å². The second-order valence-electron chi connectivity index (χ2n) is 10.4. The van der Waals surface area contributed by atoms with Crippen LogP contribution in [0, 0.1) is 11.6 Å². The summed E-state index contributed by atoms with van der Waals surface area (Å²) in [5.74, 6) is -2.55. The van der Waals surface area contributed by atoms with Gasteiger partial charge in [-0.05, 0) is 63.1 Å². The highest BCUT2D eigenvalue weighted by Crippen LogP contribution is 2.23. The Kier molecular flexibility index (Phi) is 10.7. The predicted octanol–water partition coefficient (Wildman–Crippen LogP) is 7.18. The van der Waals surface area contributed by atoms with E-state index >= 15 is 0 Å². The van der Waals surface area contributed by atoms with Gasteiger partial charge in [0, 0.05) is 31.0 Å². The number of halogens is 2. The van der Waals surface area contributed by atoms with Crippen LogP contribution in [0.25, 0.3) is 0 Å². The number of urea groups is 1. The third-order valence-corrected chi connectivity index (χ3v) is 5.73. The van der Waals surface area contributed by atoms with Crippen LogP contribution in [0.5, 0.6) is 0 Å². The van der Waals surface area contributed by atoms with Gasteiger partial charge in [-0.1, -0.05) is 38.0 Å². The average molecular weight is 568 g/mol. The zero-order valence-corrected chi connectivity index (χ0v) is 23.6. The molecule has 41 heavy (non-hydrogen) atoms. The lowest BCUT2D eigenvalue weighted by atomic mass is 10.2. The standard InChI is InChI=1S/C30H35F2N5O4/c1-5-6-9-16-37(28(39)34-21-13-14-22(31)23(32)17-21)19-20-12-15-26(33-18-20)27(38)35-24-10-7-8-11-25(24)36-29(40)41-30(2,3)4/h7-8,10-15,17-18H,5-6,9,16,19H2,1-4H3,(H,34,39)(H,35,38)(H,36,40). The first-order valence-electron chi connectivity index (χ1n) is 13.3. The number of nitrogens with zero attached hydrogens (tertiary/aromatic N) is 2. The van der Waals surface area contributed by atoms with Gasteiger partial charge in [-0.2, -0.15) is 0 Å². The Bertz CT molecular complexity index is 1360. The predicted molar refractivity (Wildman–Crippen MR) is 154 cm³/mol. The third-order valence-electron chi connectivity index (χ3n) is 5.73. The monoisotopic (exact) mass is 567 g/mol. The van der Waals surface area contributed by atoms with E-state index in [4.69, 9.17) is 4.74 Å². The zero-order chi connectivity index (χ0) is 30.0. The van der Waals surface area contributed by atoms with Crippen molar-refractivity contribution in [2.45, 2.75) is 59.1 Å². The largest absolute Gasteiger partial charge is 0.444 e. The summed E-state index contributed by atoms with van der Waals surface area (Å²) in [4.78, 5) is 43.9. The molecule has 0 radical (unpaired) electrons. The third kappa shape index (κ3) is 9.86. The molecular formula is C30H35F2N5O4. The number of para-hydroxylation sites is 2. The molecule has 4 amide bonds. The van der Waals surface area contributed by atoms with Crippen LogP contribution >= 0.6 is 0 Å². The first-order valence-corrected chi connectivity index (χ1v) is 13.3. The normalized spacial score (nSPS) is 11.0. The number of ether oxygens (including phenoxy) is 1. The van der Waals surface area contributed by atoms with Gasteiger partial charge in [0.15, 0.2) is 11.6 Å². The van der Waals surface area contributed by atoms with Crippen molar-refractivity contribution in [2.24, 2.45) is 0 Å². The van der Waals surface area contributed by atoms with E-state index in [1.165, 1.54) is 18.3 Å². The number of anilines is 3. The summed E-state index contributed by atoms with van der Waals surface area (Å²) in [5, 5.41) is 7.97.